The van der Waals surface area contributed by atoms with Crippen molar-refractivity contribution in [3.8, 4) is 0 Å². The number of benzene rings is 1. The number of nitrogens with zero attached hydrogens (tertiary/aromatic N) is 3. The first-order valence-electron chi connectivity index (χ1n) is 9.95. The quantitative estimate of drug-likeness (QED) is 0.635. The zero-order valence-electron chi connectivity index (χ0n) is 16.8. The van der Waals surface area contributed by atoms with Gasteiger partial charge in [-0.15, -0.1) is 0 Å². The average Bonchev–Trinajstić information content (AvgIpc) is 3.30. The normalized spacial score (nSPS) is 22.5. The third kappa shape index (κ3) is 4.80. The highest BCUT2D eigenvalue weighted by Crippen LogP contribution is 2.38. The maximum absolute atomic E-state index is 12.1. The van der Waals surface area contributed by atoms with Crippen molar-refractivity contribution in [2.24, 2.45) is 10.4 Å². The van der Waals surface area contributed by atoms with E-state index in [1.54, 1.807) is 19.0 Å². The van der Waals surface area contributed by atoms with Crippen LogP contribution in [0, 0.1) is 5.41 Å². The van der Waals surface area contributed by atoms with Crippen LogP contribution in [0.2, 0.25) is 0 Å². The van der Waals surface area contributed by atoms with E-state index in [0.29, 0.717) is 12.0 Å². The Labute approximate surface area is 162 Å². The van der Waals surface area contributed by atoms with E-state index in [9.17, 15) is 4.79 Å². The molecule has 1 amide bonds. The molecule has 1 aromatic carbocycles. The van der Waals surface area contributed by atoms with E-state index in [2.05, 4.69) is 23.2 Å². The van der Waals surface area contributed by atoms with Gasteiger partial charge in [-0.2, -0.15) is 0 Å². The van der Waals surface area contributed by atoms with E-state index < -0.39 is 0 Å². The molecule has 1 aromatic rings. The molecule has 0 bridgehead atoms. The third-order valence-corrected chi connectivity index (χ3v) is 5.50. The standard InChI is InChI=1S/C21H32N4O2/c1-4-22-20(25-12-9-21(15-25)10-13-27-16-21)23-11-8-17-6-5-7-18(14-17)19(26)24(2)3/h5-7,14H,4,8-13,15-16H2,1-3H3,(H,22,23). The van der Waals surface area contributed by atoms with Crippen molar-refractivity contribution in [1.82, 2.24) is 15.1 Å². The summed E-state index contributed by atoms with van der Waals surface area (Å²) in [6, 6.07) is 7.86. The summed E-state index contributed by atoms with van der Waals surface area (Å²) >= 11 is 0. The van der Waals surface area contributed by atoms with Crippen LogP contribution in [0.3, 0.4) is 0 Å². The Bertz CT molecular complexity index is 681. The monoisotopic (exact) mass is 372 g/mol. The number of amides is 1. The second-order valence-corrected chi connectivity index (χ2v) is 7.86. The molecule has 0 aromatic heterocycles. The van der Waals surface area contributed by atoms with Crippen molar-refractivity contribution in [2.75, 3.05) is 53.5 Å². The van der Waals surface area contributed by atoms with E-state index in [-0.39, 0.29) is 5.91 Å². The summed E-state index contributed by atoms with van der Waals surface area (Å²) in [6.45, 7) is 7.54. The van der Waals surface area contributed by atoms with Gasteiger partial charge < -0.3 is 19.9 Å². The Kier molecular flexibility index (Phi) is 6.37. The first kappa shape index (κ1) is 19.7. The molecule has 0 radical (unpaired) electrons. The van der Waals surface area contributed by atoms with E-state index in [0.717, 1.165) is 62.8 Å². The zero-order valence-corrected chi connectivity index (χ0v) is 16.8. The largest absolute Gasteiger partial charge is 0.381 e. The van der Waals surface area contributed by atoms with Gasteiger partial charge in [-0.1, -0.05) is 12.1 Å². The molecule has 1 N–H and O–H groups in total. The van der Waals surface area contributed by atoms with Crippen LogP contribution < -0.4 is 5.32 Å². The van der Waals surface area contributed by atoms with Crippen LogP contribution in [-0.2, 0) is 11.2 Å². The molecular formula is C21H32N4O2. The number of ether oxygens (including phenoxy) is 1. The van der Waals surface area contributed by atoms with Crippen molar-refractivity contribution in [3.05, 3.63) is 35.4 Å². The van der Waals surface area contributed by atoms with Gasteiger partial charge in [0.2, 0.25) is 0 Å². The second kappa shape index (κ2) is 8.74. The van der Waals surface area contributed by atoms with Crippen LogP contribution in [0.5, 0.6) is 0 Å². The number of carbonyl (C=O) groups is 1. The first-order valence-corrected chi connectivity index (χ1v) is 9.95. The third-order valence-electron chi connectivity index (χ3n) is 5.50. The fourth-order valence-corrected chi connectivity index (χ4v) is 3.92. The van der Waals surface area contributed by atoms with Gasteiger partial charge in [-0.3, -0.25) is 9.79 Å². The second-order valence-electron chi connectivity index (χ2n) is 7.86. The molecule has 1 atom stereocenters. The molecule has 2 fully saturated rings. The Morgan fingerprint density at radius 3 is 2.93 bits per heavy atom. The van der Waals surface area contributed by atoms with Crippen LogP contribution in [0.1, 0.15) is 35.7 Å². The smallest absolute Gasteiger partial charge is 0.253 e. The number of carbonyl (C=O) groups excluding carboxylic acids is 1. The number of guanidine groups is 1. The van der Waals surface area contributed by atoms with Crippen LogP contribution in [-0.4, -0.2) is 75.2 Å². The minimum absolute atomic E-state index is 0.0369. The van der Waals surface area contributed by atoms with E-state index in [1.165, 1.54) is 6.42 Å². The highest BCUT2D eigenvalue weighted by molar-refractivity contribution is 5.94. The fourth-order valence-electron chi connectivity index (χ4n) is 3.92. The van der Waals surface area contributed by atoms with Crippen LogP contribution in [0.4, 0.5) is 0 Å². The van der Waals surface area contributed by atoms with Gasteiger partial charge in [-0.05, 0) is 43.9 Å². The number of likely N-dealkylation sites (tertiary alicyclic amines) is 1. The van der Waals surface area contributed by atoms with Crippen molar-refractivity contribution >= 4 is 11.9 Å². The Hall–Kier alpha value is -2.08. The van der Waals surface area contributed by atoms with Crippen LogP contribution >= 0.6 is 0 Å². The van der Waals surface area contributed by atoms with Crippen molar-refractivity contribution in [2.45, 2.75) is 26.2 Å². The summed E-state index contributed by atoms with van der Waals surface area (Å²) in [6.07, 6.45) is 3.17. The predicted octanol–water partition coefficient (Wildman–Crippen LogP) is 2.01. The lowest BCUT2D eigenvalue weighted by Crippen LogP contribution is -2.41. The fraction of sp³-hybridized carbons (Fsp3) is 0.619. The van der Waals surface area contributed by atoms with Crippen LogP contribution in [0.25, 0.3) is 0 Å². The maximum Gasteiger partial charge on any atom is 0.253 e. The number of rotatable bonds is 5. The van der Waals surface area contributed by atoms with Gasteiger partial charge in [0.1, 0.15) is 0 Å². The van der Waals surface area contributed by atoms with E-state index in [1.807, 2.05) is 18.2 Å². The van der Waals surface area contributed by atoms with Crippen molar-refractivity contribution in [3.63, 3.8) is 0 Å². The zero-order chi connectivity index (χ0) is 19.3. The molecule has 3 rings (SSSR count). The molecule has 2 saturated heterocycles. The molecule has 2 heterocycles. The molecule has 1 spiro atoms. The molecule has 0 aliphatic carbocycles. The number of aliphatic imine (C=N–C) groups is 1. The SMILES string of the molecule is CCNC(=NCCc1cccc(C(=O)N(C)C)c1)N1CCC2(CCOC2)C1. The summed E-state index contributed by atoms with van der Waals surface area (Å²) in [7, 11) is 3.56. The number of nitrogens with one attached hydrogen (secondary N) is 1. The Morgan fingerprint density at radius 1 is 1.37 bits per heavy atom. The number of hydrogen-bond acceptors (Lipinski definition) is 3. The molecule has 27 heavy (non-hydrogen) atoms. The summed E-state index contributed by atoms with van der Waals surface area (Å²) in [5.41, 5.74) is 2.21. The summed E-state index contributed by atoms with van der Waals surface area (Å²) in [4.78, 5) is 21.0. The average molecular weight is 373 g/mol. The minimum Gasteiger partial charge on any atom is -0.381 e. The molecule has 6 heteroatoms. The minimum atomic E-state index is 0.0369. The molecule has 2 aliphatic heterocycles. The molecule has 0 saturated carbocycles. The first-order chi connectivity index (χ1) is 13.0. The summed E-state index contributed by atoms with van der Waals surface area (Å²) < 4.78 is 5.64. The van der Waals surface area contributed by atoms with Gasteiger partial charge in [0.25, 0.3) is 5.91 Å². The van der Waals surface area contributed by atoms with E-state index >= 15 is 0 Å². The van der Waals surface area contributed by atoms with Crippen molar-refractivity contribution < 1.29 is 9.53 Å². The van der Waals surface area contributed by atoms with Gasteiger partial charge in [-0.25, -0.2) is 0 Å². The number of hydrogen-bond donors (Lipinski definition) is 1. The van der Waals surface area contributed by atoms with Gasteiger partial charge in [0.05, 0.1) is 6.61 Å². The predicted molar refractivity (Wildman–Crippen MR) is 108 cm³/mol. The maximum atomic E-state index is 12.1. The highest BCUT2D eigenvalue weighted by atomic mass is 16.5. The molecule has 2 aliphatic rings. The topological polar surface area (TPSA) is 57.2 Å². The molecule has 6 nitrogen and oxygen atoms in total. The summed E-state index contributed by atoms with van der Waals surface area (Å²) in [5.74, 6) is 1.04. The van der Waals surface area contributed by atoms with E-state index in [4.69, 9.17) is 9.73 Å². The van der Waals surface area contributed by atoms with Crippen LogP contribution in [0.15, 0.2) is 29.3 Å². The Balaban J connectivity index is 1.61. The molecular weight excluding hydrogens is 340 g/mol. The van der Waals surface area contributed by atoms with Crippen molar-refractivity contribution in [1.29, 1.82) is 0 Å². The molecule has 148 valence electrons. The molecule has 1 unspecified atom stereocenters. The lowest BCUT2D eigenvalue weighted by Gasteiger charge is -2.25. The summed E-state index contributed by atoms with van der Waals surface area (Å²) in [5, 5.41) is 3.44. The van der Waals surface area contributed by atoms with Gasteiger partial charge in [0.15, 0.2) is 5.96 Å². The van der Waals surface area contributed by atoms with Gasteiger partial charge >= 0.3 is 0 Å². The lowest BCUT2D eigenvalue weighted by molar-refractivity contribution is 0.0827. The Morgan fingerprint density at radius 2 is 2.22 bits per heavy atom. The lowest BCUT2D eigenvalue weighted by atomic mass is 9.87. The van der Waals surface area contributed by atoms with Gasteiger partial charge in [0, 0.05) is 57.9 Å². The highest BCUT2D eigenvalue weighted by Gasteiger charge is 2.42.